The van der Waals surface area contributed by atoms with Crippen LogP contribution in [0.3, 0.4) is 0 Å². The van der Waals surface area contributed by atoms with E-state index in [1.54, 1.807) is 0 Å². The third kappa shape index (κ3) is 4.72. The first-order valence-electron chi connectivity index (χ1n) is 8.37. The molecule has 1 fully saturated rings. The predicted molar refractivity (Wildman–Crippen MR) is 99.8 cm³/mol. The lowest BCUT2D eigenvalue weighted by Gasteiger charge is -2.34. The number of carbonyl (C=O) groups excluding carboxylic acids is 2. The monoisotopic (exact) mass is 388 g/mol. The number of rotatable bonds is 5. The van der Waals surface area contributed by atoms with Crippen LogP contribution in [-0.4, -0.2) is 50.6 Å². The molecular weight excluding hydrogens is 368 g/mol. The van der Waals surface area contributed by atoms with Crippen LogP contribution in [0.5, 0.6) is 0 Å². The highest BCUT2D eigenvalue weighted by molar-refractivity contribution is 7.90. The first kappa shape index (κ1) is 19.1. The molecule has 1 N–H and O–H groups in total. The molecule has 0 aromatic heterocycles. The second-order valence-corrected chi connectivity index (χ2v) is 8.34. The van der Waals surface area contributed by atoms with E-state index in [0.29, 0.717) is 12.2 Å². The normalized spacial score (nSPS) is 17.6. The zero-order valence-corrected chi connectivity index (χ0v) is 15.6. The van der Waals surface area contributed by atoms with Crippen molar-refractivity contribution in [3.05, 3.63) is 60.2 Å². The van der Waals surface area contributed by atoms with E-state index in [1.807, 2.05) is 30.3 Å². The molecule has 1 heterocycles. The van der Waals surface area contributed by atoms with E-state index in [-0.39, 0.29) is 29.9 Å². The molecule has 1 atom stereocenters. The molecule has 0 bridgehead atoms. The highest BCUT2D eigenvalue weighted by atomic mass is 32.2. The Hall–Kier alpha value is -2.71. The standard InChI is InChI=1S/C19H20N2O5S/c1-27(24,25)16-9-7-15(8-10-16)20-19(23)17-12-26-13-18(22)21(17)11-14-5-3-2-4-6-14/h2-10,17H,11-13H2,1H3,(H,20,23)/t17-/m0/s1. The summed E-state index contributed by atoms with van der Waals surface area (Å²) in [5.74, 6) is -0.635. The number of sulfone groups is 1. The molecular formula is C19H20N2O5S. The van der Waals surface area contributed by atoms with Gasteiger partial charge in [0.2, 0.25) is 11.8 Å². The van der Waals surface area contributed by atoms with Crippen molar-refractivity contribution in [1.29, 1.82) is 0 Å². The molecule has 27 heavy (non-hydrogen) atoms. The molecule has 1 aliphatic heterocycles. The van der Waals surface area contributed by atoms with Crippen LogP contribution in [0.15, 0.2) is 59.5 Å². The van der Waals surface area contributed by atoms with Crippen LogP contribution < -0.4 is 5.32 Å². The smallest absolute Gasteiger partial charge is 0.249 e. The first-order chi connectivity index (χ1) is 12.8. The minimum Gasteiger partial charge on any atom is -0.369 e. The Balaban J connectivity index is 1.74. The largest absolute Gasteiger partial charge is 0.369 e. The van der Waals surface area contributed by atoms with Gasteiger partial charge in [-0.05, 0) is 29.8 Å². The Morgan fingerprint density at radius 2 is 1.81 bits per heavy atom. The average molecular weight is 388 g/mol. The quantitative estimate of drug-likeness (QED) is 0.837. The van der Waals surface area contributed by atoms with E-state index in [2.05, 4.69) is 5.32 Å². The lowest BCUT2D eigenvalue weighted by Crippen LogP contribution is -2.54. The van der Waals surface area contributed by atoms with Crippen molar-refractivity contribution >= 4 is 27.3 Å². The zero-order chi connectivity index (χ0) is 19.4. The first-order valence-corrected chi connectivity index (χ1v) is 10.3. The maximum Gasteiger partial charge on any atom is 0.249 e. The maximum absolute atomic E-state index is 12.7. The highest BCUT2D eigenvalue weighted by Crippen LogP contribution is 2.18. The van der Waals surface area contributed by atoms with Gasteiger partial charge >= 0.3 is 0 Å². The van der Waals surface area contributed by atoms with Crippen LogP contribution in [0, 0.1) is 0 Å². The summed E-state index contributed by atoms with van der Waals surface area (Å²) in [6, 6.07) is 14.5. The summed E-state index contributed by atoms with van der Waals surface area (Å²) < 4.78 is 28.3. The number of morpholine rings is 1. The van der Waals surface area contributed by atoms with Gasteiger partial charge in [-0.3, -0.25) is 9.59 Å². The molecule has 0 saturated carbocycles. The van der Waals surface area contributed by atoms with Gasteiger partial charge in [0.15, 0.2) is 9.84 Å². The van der Waals surface area contributed by atoms with Gasteiger partial charge in [0.25, 0.3) is 0 Å². The summed E-state index contributed by atoms with van der Waals surface area (Å²) in [5.41, 5.74) is 1.37. The molecule has 1 saturated heterocycles. The zero-order valence-electron chi connectivity index (χ0n) is 14.8. The Kier molecular flexibility index (Phi) is 5.57. The number of nitrogens with one attached hydrogen (secondary N) is 1. The van der Waals surface area contributed by atoms with Crippen LogP contribution in [0.4, 0.5) is 5.69 Å². The fourth-order valence-electron chi connectivity index (χ4n) is 2.81. The highest BCUT2D eigenvalue weighted by Gasteiger charge is 2.34. The Bertz CT molecular complexity index is 926. The molecule has 142 valence electrons. The molecule has 7 nitrogen and oxygen atoms in total. The summed E-state index contributed by atoms with van der Waals surface area (Å²) in [4.78, 5) is 26.6. The van der Waals surface area contributed by atoms with Gasteiger partial charge in [-0.2, -0.15) is 0 Å². The third-order valence-corrected chi connectivity index (χ3v) is 5.37. The van der Waals surface area contributed by atoms with Gasteiger partial charge in [-0.1, -0.05) is 30.3 Å². The SMILES string of the molecule is CS(=O)(=O)c1ccc(NC(=O)[C@@H]2COCC(=O)N2Cc2ccccc2)cc1. The van der Waals surface area contributed by atoms with Gasteiger partial charge in [0.1, 0.15) is 12.6 Å². The molecule has 1 aliphatic rings. The van der Waals surface area contributed by atoms with Crippen molar-refractivity contribution in [3.8, 4) is 0 Å². The summed E-state index contributed by atoms with van der Waals surface area (Å²) >= 11 is 0. The van der Waals surface area contributed by atoms with Crippen LogP contribution in [0.25, 0.3) is 0 Å². The van der Waals surface area contributed by atoms with Crippen molar-refractivity contribution in [2.24, 2.45) is 0 Å². The van der Waals surface area contributed by atoms with Crippen molar-refractivity contribution < 1.29 is 22.7 Å². The van der Waals surface area contributed by atoms with E-state index in [1.165, 1.54) is 29.2 Å². The maximum atomic E-state index is 12.7. The Morgan fingerprint density at radius 1 is 1.15 bits per heavy atom. The van der Waals surface area contributed by atoms with Crippen molar-refractivity contribution in [2.75, 3.05) is 24.8 Å². The molecule has 0 aliphatic carbocycles. The fourth-order valence-corrected chi connectivity index (χ4v) is 3.44. The second-order valence-electron chi connectivity index (χ2n) is 6.32. The molecule has 2 aromatic rings. The van der Waals surface area contributed by atoms with Gasteiger partial charge in [-0.15, -0.1) is 0 Å². The fraction of sp³-hybridized carbons (Fsp3) is 0.263. The number of amides is 2. The van der Waals surface area contributed by atoms with Gasteiger partial charge < -0.3 is 15.0 Å². The molecule has 2 amide bonds. The average Bonchev–Trinajstić information content (AvgIpc) is 2.64. The second kappa shape index (κ2) is 7.89. The number of anilines is 1. The van der Waals surface area contributed by atoms with Crippen molar-refractivity contribution in [2.45, 2.75) is 17.5 Å². The Morgan fingerprint density at radius 3 is 2.44 bits per heavy atom. The van der Waals surface area contributed by atoms with Crippen molar-refractivity contribution in [3.63, 3.8) is 0 Å². The van der Waals surface area contributed by atoms with Crippen LogP contribution in [0.2, 0.25) is 0 Å². The lowest BCUT2D eigenvalue weighted by molar-refractivity contribution is -0.154. The number of hydrogen-bond donors (Lipinski definition) is 1. The number of ether oxygens (including phenoxy) is 1. The van der Waals surface area contributed by atoms with Crippen LogP contribution in [0.1, 0.15) is 5.56 Å². The molecule has 2 aromatic carbocycles. The Labute approximate surface area is 157 Å². The summed E-state index contributed by atoms with van der Waals surface area (Å²) in [6.07, 6.45) is 1.12. The van der Waals surface area contributed by atoms with Crippen LogP contribution in [-0.2, 0) is 30.7 Å². The molecule has 0 unspecified atom stereocenters. The summed E-state index contributed by atoms with van der Waals surface area (Å²) in [5, 5.41) is 2.72. The van der Waals surface area contributed by atoms with E-state index >= 15 is 0 Å². The number of hydrogen-bond acceptors (Lipinski definition) is 5. The third-order valence-electron chi connectivity index (χ3n) is 4.25. The van der Waals surface area contributed by atoms with E-state index in [4.69, 9.17) is 4.74 Å². The van der Waals surface area contributed by atoms with Gasteiger partial charge in [0, 0.05) is 18.5 Å². The van der Waals surface area contributed by atoms with Gasteiger partial charge in [0.05, 0.1) is 11.5 Å². The summed E-state index contributed by atoms with van der Waals surface area (Å²) in [7, 11) is -3.30. The minimum absolute atomic E-state index is 0.0559. The lowest BCUT2D eigenvalue weighted by atomic mass is 10.1. The number of benzene rings is 2. The molecule has 0 spiro atoms. The number of nitrogens with zero attached hydrogens (tertiary/aromatic N) is 1. The summed E-state index contributed by atoms with van der Waals surface area (Å²) in [6.45, 7) is 0.361. The van der Waals surface area contributed by atoms with Gasteiger partial charge in [-0.25, -0.2) is 8.42 Å². The molecule has 8 heteroatoms. The van der Waals surface area contributed by atoms with E-state index in [0.717, 1.165) is 11.8 Å². The predicted octanol–water partition coefficient (Wildman–Crippen LogP) is 1.46. The topological polar surface area (TPSA) is 92.8 Å². The van der Waals surface area contributed by atoms with Crippen LogP contribution >= 0.6 is 0 Å². The minimum atomic E-state index is -3.30. The molecule has 0 radical (unpaired) electrons. The number of carbonyl (C=O) groups is 2. The van der Waals surface area contributed by atoms with E-state index < -0.39 is 15.9 Å². The van der Waals surface area contributed by atoms with E-state index in [9.17, 15) is 18.0 Å². The van der Waals surface area contributed by atoms with Crippen molar-refractivity contribution in [1.82, 2.24) is 4.90 Å². The molecule has 3 rings (SSSR count).